The van der Waals surface area contributed by atoms with Crippen molar-refractivity contribution in [2.45, 2.75) is 44.6 Å². The van der Waals surface area contributed by atoms with E-state index in [9.17, 15) is 13.2 Å². The third-order valence-electron chi connectivity index (χ3n) is 4.81. The van der Waals surface area contributed by atoms with Crippen molar-refractivity contribution in [3.8, 4) is 0 Å². The Morgan fingerprint density at radius 1 is 1.07 bits per heavy atom. The summed E-state index contributed by atoms with van der Waals surface area (Å²) < 4.78 is 33.4. The molecule has 1 aromatic heterocycles. The maximum atomic E-state index is 12.7. The molecule has 1 aliphatic rings. The summed E-state index contributed by atoms with van der Waals surface area (Å²) in [5.74, 6) is -0.461. The third kappa shape index (κ3) is 5.59. The fraction of sp³-hybridized carbons (Fsp3) is 0.450. The quantitative estimate of drug-likeness (QED) is 0.514. The summed E-state index contributed by atoms with van der Waals surface area (Å²) in [5, 5.41) is 0. The lowest BCUT2D eigenvalue weighted by Gasteiger charge is -2.33. The van der Waals surface area contributed by atoms with Gasteiger partial charge in [0.05, 0.1) is 6.61 Å². The highest BCUT2D eigenvalue weighted by Crippen LogP contribution is 2.21. The molecule has 2 heterocycles. The first kappa shape index (κ1) is 20.4. The molecule has 1 fully saturated rings. The summed E-state index contributed by atoms with van der Waals surface area (Å²) in [6, 6.07) is 12.8. The number of nitrogens with zero attached hydrogens (tertiary/aromatic N) is 2. The Morgan fingerprint density at radius 2 is 1.82 bits per heavy atom. The molecule has 1 aromatic carbocycles. The van der Waals surface area contributed by atoms with Crippen LogP contribution in [-0.4, -0.2) is 42.6 Å². The summed E-state index contributed by atoms with van der Waals surface area (Å²) in [6.45, 7) is 0.617. The Morgan fingerprint density at radius 3 is 2.57 bits per heavy atom. The summed E-state index contributed by atoms with van der Waals surface area (Å²) in [4.78, 5) is 15.0. The van der Waals surface area contributed by atoms with Gasteiger partial charge in [-0.1, -0.05) is 30.3 Å². The van der Waals surface area contributed by atoms with Crippen molar-refractivity contribution in [2.24, 2.45) is 0 Å². The predicted molar refractivity (Wildman–Crippen MR) is 107 cm³/mol. The Hall–Kier alpha value is -2.32. The van der Waals surface area contributed by atoms with Crippen LogP contribution in [0.1, 0.15) is 37.7 Å². The molecule has 0 aliphatic carbocycles. The van der Waals surface area contributed by atoms with Crippen molar-refractivity contribution in [3.05, 3.63) is 60.4 Å². The standard InChI is InChI=1S/C20H27N3O4S/c24-20(27-17-9-5-12-18-10-2-1-3-11-18)19-13-4-6-16-23(19)28(25,26)21-22-14-7-8-15-22/h1-3,7-8,10-11,14-15,19,21H,4-6,9,12-13,16-17H2/t19-/m0/s1. The second-order valence-electron chi connectivity index (χ2n) is 6.92. The van der Waals surface area contributed by atoms with Crippen LogP contribution in [0, 0.1) is 0 Å². The second-order valence-corrected chi connectivity index (χ2v) is 8.52. The van der Waals surface area contributed by atoms with Gasteiger partial charge in [-0.25, -0.2) is 4.83 Å². The minimum atomic E-state index is -3.83. The fourth-order valence-electron chi connectivity index (χ4n) is 3.35. The van der Waals surface area contributed by atoms with Gasteiger partial charge in [-0.05, 0) is 56.2 Å². The first-order valence-electron chi connectivity index (χ1n) is 9.69. The van der Waals surface area contributed by atoms with Crippen molar-refractivity contribution in [2.75, 3.05) is 18.0 Å². The van der Waals surface area contributed by atoms with E-state index in [2.05, 4.69) is 17.0 Å². The van der Waals surface area contributed by atoms with Crippen molar-refractivity contribution < 1.29 is 17.9 Å². The summed E-state index contributed by atoms with van der Waals surface area (Å²) >= 11 is 0. The van der Waals surface area contributed by atoms with Gasteiger partial charge in [0.2, 0.25) is 0 Å². The number of rotatable bonds is 9. The molecular weight excluding hydrogens is 378 g/mol. The van der Waals surface area contributed by atoms with Crippen LogP contribution in [0.5, 0.6) is 0 Å². The highest BCUT2D eigenvalue weighted by molar-refractivity contribution is 7.90. The Kier molecular flexibility index (Phi) is 7.11. The van der Waals surface area contributed by atoms with Crippen molar-refractivity contribution in [3.63, 3.8) is 0 Å². The molecule has 8 heteroatoms. The molecule has 0 unspecified atom stereocenters. The van der Waals surface area contributed by atoms with Crippen LogP contribution in [-0.2, 0) is 26.2 Å². The van der Waals surface area contributed by atoms with Crippen LogP contribution < -0.4 is 4.83 Å². The fourth-order valence-corrected chi connectivity index (χ4v) is 4.74. The van der Waals surface area contributed by atoms with E-state index in [0.717, 1.165) is 32.1 Å². The molecule has 152 valence electrons. The number of carbonyl (C=O) groups excluding carboxylic acids is 1. The maximum Gasteiger partial charge on any atom is 0.324 e. The lowest BCUT2D eigenvalue weighted by atomic mass is 10.1. The largest absolute Gasteiger partial charge is 0.464 e. The maximum absolute atomic E-state index is 12.7. The molecule has 0 bridgehead atoms. The lowest BCUT2D eigenvalue weighted by molar-refractivity contribution is -0.149. The first-order chi connectivity index (χ1) is 13.6. The van der Waals surface area contributed by atoms with Crippen molar-refractivity contribution in [1.82, 2.24) is 8.98 Å². The van der Waals surface area contributed by atoms with E-state index in [1.54, 1.807) is 24.5 Å². The summed E-state index contributed by atoms with van der Waals surface area (Å²) in [7, 11) is -3.83. The van der Waals surface area contributed by atoms with Gasteiger partial charge in [-0.15, -0.1) is 0 Å². The van der Waals surface area contributed by atoms with Crippen LogP contribution in [0.2, 0.25) is 0 Å². The Labute approximate surface area is 166 Å². The zero-order valence-corrected chi connectivity index (χ0v) is 16.7. The van der Waals surface area contributed by atoms with E-state index in [1.807, 2.05) is 18.2 Å². The number of unbranched alkanes of at least 4 members (excludes halogenated alkanes) is 1. The van der Waals surface area contributed by atoms with Gasteiger partial charge in [0.25, 0.3) is 0 Å². The van der Waals surface area contributed by atoms with E-state index in [1.165, 1.54) is 14.5 Å². The van der Waals surface area contributed by atoms with E-state index in [4.69, 9.17) is 4.74 Å². The zero-order chi connectivity index (χ0) is 19.8. The topological polar surface area (TPSA) is 80.6 Å². The van der Waals surface area contributed by atoms with Gasteiger partial charge in [0, 0.05) is 18.9 Å². The SMILES string of the molecule is O=C(OCCCCc1ccccc1)[C@@H]1CCCCN1S(=O)(=O)Nn1cccc1. The number of nitrogens with one attached hydrogen (secondary N) is 1. The molecule has 28 heavy (non-hydrogen) atoms. The number of carbonyl (C=O) groups is 1. The number of piperidine rings is 1. The van der Waals surface area contributed by atoms with E-state index >= 15 is 0 Å². The molecule has 0 spiro atoms. The van der Waals surface area contributed by atoms with Crippen LogP contribution in [0.4, 0.5) is 0 Å². The van der Waals surface area contributed by atoms with Crippen LogP contribution >= 0.6 is 0 Å². The average Bonchev–Trinajstić information content (AvgIpc) is 3.20. The van der Waals surface area contributed by atoms with Crippen LogP contribution in [0.15, 0.2) is 54.9 Å². The molecule has 1 saturated heterocycles. The lowest BCUT2D eigenvalue weighted by Crippen LogP contribution is -2.51. The Bertz CT molecular complexity index is 838. The first-order valence-corrected chi connectivity index (χ1v) is 11.1. The zero-order valence-electron chi connectivity index (χ0n) is 15.9. The van der Waals surface area contributed by atoms with E-state index in [0.29, 0.717) is 19.6 Å². The molecule has 0 radical (unpaired) electrons. The van der Waals surface area contributed by atoms with Gasteiger partial charge < -0.3 is 4.74 Å². The predicted octanol–water partition coefficient (Wildman–Crippen LogP) is 2.70. The molecule has 1 atom stereocenters. The van der Waals surface area contributed by atoms with Gasteiger partial charge in [0.15, 0.2) is 0 Å². The molecular formula is C20H27N3O4S. The second kappa shape index (κ2) is 9.75. The van der Waals surface area contributed by atoms with Crippen molar-refractivity contribution in [1.29, 1.82) is 0 Å². The minimum Gasteiger partial charge on any atom is -0.464 e. The molecule has 1 N–H and O–H groups in total. The number of ether oxygens (including phenoxy) is 1. The minimum absolute atomic E-state index is 0.307. The number of aromatic nitrogens is 1. The highest BCUT2D eigenvalue weighted by atomic mass is 32.2. The number of aryl methyl sites for hydroxylation is 1. The number of benzene rings is 1. The van der Waals surface area contributed by atoms with Crippen LogP contribution in [0.25, 0.3) is 0 Å². The highest BCUT2D eigenvalue weighted by Gasteiger charge is 2.37. The molecule has 2 aromatic rings. The van der Waals surface area contributed by atoms with Gasteiger partial charge in [-0.2, -0.15) is 12.7 Å². The van der Waals surface area contributed by atoms with Crippen LogP contribution in [0.3, 0.4) is 0 Å². The molecule has 0 amide bonds. The smallest absolute Gasteiger partial charge is 0.324 e. The van der Waals surface area contributed by atoms with Crippen molar-refractivity contribution >= 4 is 16.2 Å². The molecule has 1 aliphatic heterocycles. The molecule has 7 nitrogen and oxygen atoms in total. The number of hydrogen-bond donors (Lipinski definition) is 1. The summed E-state index contributed by atoms with van der Waals surface area (Å²) in [6.07, 6.45) is 7.82. The van der Waals surface area contributed by atoms with E-state index < -0.39 is 22.2 Å². The Balaban J connectivity index is 1.49. The molecule has 0 saturated carbocycles. The van der Waals surface area contributed by atoms with Gasteiger partial charge >= 0.3 is 16.2 Å². The number of hydrogen-bond acceptors (Lipinski definition) is 4. The number of esters is 1. The van der Waals surface area contributed by atoms with Gasteiger partial charge in [-0.3, -0.25) is 9.47 Å². The molecule has 3 rings (SSSR count). The average molecular weight is 406 g/mol. The summed E-state index contributed by atoms with van der Waals surface area (Å²) in [5.41, 5.74) is 1.26. The van der Waals surface area contributed by atoms with Gasteiger partial charge in [0.1, 0.15) is 6.04 Å². The monoisotopic (exact) mass is 405 g/mol. The normalized spacial score (nSPS) is 17.9. The third-order valence-corrected chi connectivity index (χ3v) is 6.30. The van der Waals surface area contributed by atoms with E-state index in [-0.39, 0.29) is 0 Å².